The number of halogens is 2. The number of hydrogen-bond acceptors (Lipinski definition) is 1. The first-order chi connectivity index (χ1) is 14.6. The summed E-state index contributed by atoms with van der Waals surface area (Å²) in [4.78, 5) is 13.6. The van der Waals surface area contributed by atoms with E-state index in [4.69, 9.17) is 17.2 Å². The van der Waals surface area contributed by atoms with E-state index in [0.29, 0.717) is 5.56 Å². The number of carbonyl (C=O) groups is 1. The molecular formula is C25H28Cl2HfNOSi. The average Bonchev–Trinajstić information content (AvgIpc) is 3.12. The van der Waals surface area contributed by atoms with Crippen molar-refractivity contribution in [2.45, 2.75) is 39.3 Å². The molecule has 161 valence electrons. The van der Waals surface area contributed by atoms with E-state index in [9.17, 15) is 4.79 Å². The molecule has 1 N–H and O–H groups in total. The van der Waals surface area contributed by atoms with Crippen LogP contribution in [0.4, 0.5) is 0 Å². The van der Waals surface area contributed by atoms with Crippen LogP contribution >= 0.6 is 17.2 Å². The van der Waals surface area contributed by atoms with Crippen LogP contribution in [0.3, 0.4) is 0 Å². The second kappa shape index (κ2) is 8.29. The van der Waals surface area contributed by atoms with Crippen molar-refractivity contribution in [2.75, 3.05) is 0 Å². The van der Waals surface area contributed by atoms with Gasteiger partial charge in [0.1, 0.15) is 0 Å². The van der Waals surface area contributed by atoms with Crippen LogP contribution in [-0.2, 0) is 22.0 Å². The number of nitrogens with one attached hydrogen (secondary N) is 1. The van der Waals surface area contributed by atoms with Gasteiger partial charge in [-0.1, -0.05) is 0 Å². The first kappa shape index (κ1) is 23.0. The molecule has 2 nitrogen and oxygen atoms in total. The van der Waals surface area contributed by atoms with Gasteiger partial charge in [0.2, 0.25) is 0 Å². The van der Waals surface area contributed by atoms with E-state index in [-0.39, 0.29) is 11.8 Å². The SMILES string of the molecule is CC(C)c1ccccc1C(=O)[NH][Hf]([Cl])([Cl])([c]1cccc2c1Cc1ccccc1-2)[SiH](C)C. The van der Waals surface area contributed by atoms with Gasteiger partial charge in [0.15, 0.2) is 0 Å². The Morgan fingerprint density at radius 3 is 2.29 bits per heavy atom. The minimum absolute atomic E-state index is 0.140. The zero-order valence-electron chi connectivity index (χ0n) is 18.4. The summed E-state index contributed by atoms with van der Waals surface area (Å²) in [5.41, 5.74) is 6.62. The molecule has 0 radical (unpaired) electrons. The van der Waals surface area contributed by atoms with Crippen LogP contribution in [0.1, 0.15) is 46.8 Å². The summed E-state index contributed by atoms with van der Waals surface area (Å²) in [5, 5.41) is 0. The molecule has 1 amide bonds. The Labute approximate surface area is 194 Å². The van der Waals surface area contributed by atoms with Crippen LogP contribution in [0.25, 0.3) is 11.1 Å². The Bertz CT molecular complexity index is 1180. The maximum atomic E-state index is 13.6. The molecule has 6 heteroatoms. The first-order valence-electron chi connectivity index (χ1n) is 10.8. The molecule has 0 aliphatic heterocycles. The molecule has 3 aromatic rings. The topological polar surface area (TPSA) is 29.1 Å². The molecule has 0 spiro atoms. The third kappa shape index (κ3) is 3.90. The molecule has 0 saturated carbocycles. The fourth-order valence-corrected chi connectivity index (χ4v) is 29.6. The summed E-state index contributed by atoms with van der Waals surface area (Å²) in [6.45, 7) is 8.54. The quantitative estimate of drug-likeness (QED) is 0.255. The van der Waals surface area contributed by atoms with Gasteiger partial charge >= 0.3 is 195 Å². The molecule has 0 fully saturated rings. The third-order valence-electron chi connectivity index (χ3n) is 6.53. The number of carbonyl (C=O) groups excluding carboxylic acids is 1. The normalized spacial score (nSPS) is 14.1. The molecule has 0 unspecified atom stereocenters. The van der Waals surface area contributed by atoms with Gasteiger partial charge in [0.05, 0.1) is 0 Å². The molecule has 0 bridgehead atoms. The Morgan fingerprint density at radius 1 is 0.935 bits per heavy atom. The van der Waals surface area contributed by atoms with Crippen molar-refractivity contribution in [1.29, 1.82) is 0 Å². The first-order valence-corrected chi connectivity index (χ1v) is 32.4. The van der Waals surface area contributed by atoms with Gasteiger partial charge in [-0.2, -0.15) is 0 Å². The van der Waals surface area contributed by atoms with Gasteiger partial charge in [-0.3, -0.25) is 0 Å². The van der Waals surface area contributed by atoms with Gasteiger partial charge in [-0.25, -0.2) is 0 Å². The summed E-state index contributed by atoms with van der Waals surface area (Å²) >= 11 is -4.99. The van der Waals surface area contributed by atoms with E-state index in [1.165, 1.54) is 22.3 Å². The predicted octanol–water partition coefficient (Wildman–Crippen LogP) is 6.33. The summed E-state index contributed by atoms with van der Waals surface area (Å²) in [6, 6.07) is 22.5. The van der Waals surface area contributed by atoms with E-state index >= 15 is 0 Å². The van der Waals surface area contributed by atoms with Crippen molar-refractivity contribution in [1.82, 2.24) is 3.30 Å². The monoisotopic (exact) mass is 636 g/mol. The van der Waals surface area contributed by atoms with Crippen LogP contribution in [-0.4, -0.2) is 11.9 Å². The summed E-state index contributed by atoms with van der Waals surface area (Å²) in [5.74, 6) is -1.58. The zero-order valence-corrected chi connectivity index (χ0v) is 24.6. The molecular weight excluding hydrogens is 608 g/mol. The zero-order chi connectivity index (χ0) is 22.4. The van der Waals surface area contributed by atoms with E-state index in [1.807, 2.05) is 30.3 Å². The third-order valence-corrected chi connectivity index (χ3v) is 68.1. The molecule has 0 heterocycles. The van der Waals surface area contributed by atoms with Gasteiger partial charge in [0, 0.05) is 0 Å². The number of hydrogen-bond donors (Lipinski definition) is 1. The molecule has 4 rings (SSSR count). The number of fused-ring (bicyclic) bond motifs is 3. The van der Waals surface area contributed by atoms with Crippen LogP contribution in [0, 0.1) is 0 Å². The van der Waals surface area contributed by atoms with E-state index in [1.54, 1.807) is 0 Å². The van der Waals surface area contributed by atoms with Crippen molar-refractivity contribution in [2.24, 2.45) is 0 Å². The van der Waals surface area contributed by atoms with Crippen LogP contribution < -0.4 is 6.62 Å². The summed E-state index contributed by atoms with van der Waals surface area (Å²) in [7, 11) is 15.1. The van der Waals surface area contributed by atoms with Gasteiger partial charge in [-0.05, 0) is 0 Å². The van der Waals surface area contributed by atoms with Crippen molar-refractivity contribution < 1.29 is 20.4 Å². The Kier molecular flexibility index (Phi) is 6.15. The second-order valence-corrected chi connectivity index (χ2v) is 64.3. The summed E-state index contributed by atoms with van der Waals surface area (Å²) in [6.07, 6.45) is 0.812. The molecule has 1 aliphatic rings. The molecule has 1 aliphatic carbocycles. The number of rotatable bonds is 5. The van der Waals surface area contributed by atoms with Crippen molar-refractivity contribution in [3.05, 3.63) is 89.0 Å². The Morgan fingerprint density at radius 2 is 1.58 bits per heavy atom. The van der Waals surface area contributed by atoms with Crippen molar-refractivity contribution >= 4 is 32.4 Å². The van der Waals surface area contributed by atoms with Crippen LogP contribution in [0.2, 0.25) is 13.1 Å². The van der Waals surface area contributed by atoms with Crippen molar-refractivity contribution in [3.8, 4) is 11.1 Å². The number of amides is 1. The van der Waals surface area contributed by atoms with E-state index in [0.717, 1.165) is 15.3 Å². The average molecular weight is 636 g/mol. The molecule has 0 aromatic heterocycles. The van der Waals surface area contributed by atoms with Crippen molar-refractivity contribution in [3.63, 3.8) is 0 Å². The minimum atomic E-state index is -4.99. The van der Waals surface area contributed by atoms with Gasteiger partial charge < -0.3 is 0 Å². The maximum absolute atomic E-state index is 13.6. The fraction of sp³-hybridized carbons (Fsp3) is 0.240. The van der Waals surface area contributed by atoms with E-state index in [2.05, 4.69) is 66.6 Å². The standard InChI is InChI=1S/C13H9.C10H13NO.C2H7Si.2ClH.Hf/c1-3-7-12-10(5-1)9-11-6-2-4-8-13(11)12;1-7(2)8-5-3-4-6-9(8)10(11)12;1-3-2;;;/h1-5,7-8H,9H2;3-7H,1-2H3,(H2,11,12);3H,1-2H3;2*1H;/q;;;;;+3/p-3. The van der Waals surface area contributed by atoms with Crippen LogP contribution in [0.15, 0.2) is 66.7 Å². The van der Waals surface area contributed by atoms with Gasteiger partial charge in [-0.15, -0.1) is 0 Å². The molecule has 31 heavy (non-hydrogen) atoms. The number of benzene rings is 3. The molecule has 0 saturated heterocycles. The second-order valence-electron chi connectivity index (χ2n) is 9.10. The molecule has 3 aromatic carbocycles. The van der Waals surface area contributed by atoms with Crippen LogP contribution in [0.5, 0.6) is 0 Å². The fourth-order valence-electron chi connectivity index (χ4n) is 4.59. The molecule has 0 atom stereocenters. The van der Waals surface area contributed by atoms with E-state index < -0.39 is 21.6 Å². The predicted molar refractivity (Wildman–Crippen MR) is 133 cm³/mol. The summed E-state index contributed by atoms with van der Waals surface area (Å²) < 4.78 is 4.35. The van der Waals surface area contributed by atoms with Gasteiger partial charge in [0.25, 0.3) is 0 Å². The Balaban J connectivity index is 1.83. The Hall–Kier alpha value is -1.20.